The van der Waals surface area contributed by atoms with Crippen LogP contribution in [0.25, 0.3) is 0 Å². The molecule has 1 atom stereocenters. The monoisotopic (exact) mass is 212 g/mol. The third-order valence-electron chi connectivity index (χ3n) is 3.91. The Bertz CT molecular complexity index is 149. The molecule has 0 aromatic heterocycles. The van der Waals surface area contributed by atoms with Crippen molar-refractivity contribution >= 4 is 0 Å². The van der Waals surface area contributed by atoms with E-state index in [0.717, 1.165) is 12.5 Å². The molecule has 0 amide bonds. The molecule has 0 aliphatic heterocycles. The van der Waals surface area contributed by atoms with Crippen LogP contribution in [-0.4, -0.2) is 18.6 Å². The maximum absolute atomic E-state index is 5.90. The fourth-order valence-electron chi connectivity index (χ4n) is 2.76. The van der Waals surface area contributed by atoms with Crippen LogP contribution in [0.3, 0.4) is 0 Å². The standard InChI is InChI=1S/C13H28N2/c1-3-12(4-2)15-13(10-14)11-8-6-5-7-9-11/h11-13,15H,3-10,14H2,1-2H3. The van der Waals surface area contributed by atoms with E-state index in [-0.39, 0.29) is 0 Å². The maximum atomic E-state index is 5.90. The minimum atomic E-state index is 0.565. The van der Waals surface area contributed by atoms with E-state index in [1.807, 2.05) is 0 Å². The van der Waals surface area contributed by atoms with Gasteiger partial charge < -0.3 is 11.1 Å². The third kappa shape index (κ3) is 4.12. The Hall–Kier alpha value is -0.0800. The van der Waals surface area contributed by atoms with Gasteiger partial charge in [-0.3, -0.25) is 0 Å². The Kier molecular flexibility index (Phi) is 6.26. The van der Waals surface area contributed by atoms with Gasteiger partial charge in [-0.2, -0.15) is 0 Å². The quantitative estimate of drug-likeness (QED) is 0.710. The molecule has 0 spiro atoms. The molecule has 1 fully saturated rings. The van der Waals surface area contributed by atoms with Gasteiger partial charge in [-0.1, -0.05) is 33.1 Å². The molecule has 90 valence electrons. The Labute approximate surface area is 95.0 Å². The Balaban J connectivity index is 2.38. The summed E-state index contributed by atoms with van der Waals surface area (Å²) < 4.78 is 0. The van der Waals surface area contributed by atoms with Gasteiger partial charge in [0.2, 0.25) is 0 Å². The van der Waals surface area contributed by atoms with Gasteiger partial charge in [0.25, 0.3) is 0 Å². The Morgan fingerprint density at radius 2 is 1.73 bits per heavy atom. The van der Waals surface area contributed by atoms with Gasteiger partial charge >= 0.3 is 0 Å². The highest BCUT2D eigenvalue weighted by Gasteiger charge is 2.23. The van der Waals surface area contributed by atoms with Gasteiger partial charge in [-0.05, 0) is 31.6 Å². The highest BCUT2D eigenvalue weighted by atomic mass is 15.0. The van der Waals surface area contributed by atoms with E-state index in [0.29, 0.717) is 12.1 Å². The van der Waals surface area contributed by atoms with Crippen LogP contribution in [0.4, 0.5) is 0 Å². The summed E-state index contributed by atoms with van der Waals surface area (Å²) in [4.78, 5) is 0. The molecular formula is C13H28N2. The van der Waals surface area contributed by atoms with Crippen LogP contribution in [0, 0.1) is 5.92 Å². The second-order valence-corrected chi connectivity index (χ2v) is 4.92. The first-order chi connectivity index (χ1) is 7.31. The van der Waals surface area contributed by atoms with E-state index < -0.39 is 0 Å². The molecule has 1 rings (SSSR count). The molecule has 0 aromatic rings. The Morgan fingerprint density at radius 3 is 2.20 bits per heavy atom. The van der Waals surface area contributed by atoms with Crippen LogP contribution < -0.4 is 11.1 Å². The van der Waals surface area contributed by atoms with Gasteiger partial charge in [0, 0.05) is 18.6 Å². The van der Waals surface area contributed by atoms with Gasteiger partial charge in [-0.25, -0.2) is 0 Å². The van der Waals surface area contributed by atoms with Crippen LogP contribution >= 0.6 is 0 Å². The van der Waals surface area contributed by atoms with Crippen molar-refractivity contribution in [2.45, 2.75) is 70.9 Å². The van der Waals surface area contributed by atoms with E-state index in [4.69, 9.17) is 5.73 Å². The number of nitrogens with one attached hydrogen (secondary N) is 1. The summed E-state index contributed by atoms with van der Waals surface area (Å²) in [5.74, 6) is 0.837. The van der Waals surface area contributed by atoms with Crippen LogP contribution in [0.2, 0.25) is 0 Å². The zero-order valence-corrected chi connectivity index (χ0v) is 10.5. The van der Waals surface area contributed by atoms with E-state index in [2.05, 4.69) is 19.2 Å². The molecule has 1 saturated carbocycles. The summed E-state index contributed by atoms with van der Waals surface area (Å²) in [6.45, 7) is 5.33. The molecule has 2 nitrogen and oxygen atoms in total. The average molecular weight is 212 g/mol. The first-order valence-corrected chi connectivity index (χ1v) is 6.77. The SMILES string of the molecule is CCC(CC)NC(CN)C1CCCCC1. The fraction of sp³-hybridized carbons (Fsp3) is 1.00. The molecule has 0 radical (unpaired) electrons. The summed E-state index contributed by atoms with van der Waals surface area (Å²) in [5, 5.41) is 3.75. The summed E-state index contributed by atoms with van der Waals surface area (Å²) in [5.41, 5.74) is 5.90. The molecule has 1 aliphatic rings. The lowest BCUT2D eigenvalue weighted by molar-refractivity contribution is 0.250. The van der Waals surface area contributed by atoms with Crippen LogP contribution in [0.15, 0.2) is 0 Å². The predicted octanol–water partition coefficient (Wildman–Crippen LogP) is 2.67. The summed E-state index contributed by atoms with van der Waals surface area (Å²) in [6.07, 6.45) is 9.46. The van der Waals surface area contributed by atoms with Crippen molar-refractivity contribution in [1.82, 2.24) is 5.32 Å². The largest absolute Gasteiger partial charge is 0.329 e. The zero-order valence-electron chi connectivity index (χ0n) is 10.5. The van der Waals surface area contributed by atoms with E-state index in [1.54, 1.807) is 0 Å². The summed E-state index contributed by atoms with van der Waals surface area (Å²) >= 11 is 0. The molecule has 2 heteroatoms. The first-order valence-electron chi connectivity index (χ1n) is 6.77. The van der Waals surface area contributed by atoms with Crippen molar-refractivity contribution in [2.24, 2.45) is 11.7 Å². The molecule has 0 aromatic carbocycles. The third-order valence-corrected chi connectivity index (χ3v) is 3.91. The summed E-state index contributed by atoms with van der Waals surface area (Å²) in [6, 6.07) is 1.23. The van der Waals surface area contributed by atoms with E-state index in [1.165, 1.54) is 44.9 Å². The molecule has 15 heavy (non-hydrogen) atoms. The first kappa shape index (κ1) is 13.0. The number of nitrogens with two attached hydrogens (primary N) is 1. The molecule has 1 aliphatic carbocycles. The van der Waals surface area contributed by atoms with Gasteiger partial charge in [0.1, 0.15) is 0 Å². The molecule has 3 N–H and O–H groups in total. The molecule has 1 unspecified atom stereocenters. The summed E-state index contributed by atoms with van der Waals surface area (Å²) in [7, 11) is 0. The minimum absolute atomic E-state index is 0.565. The smallest absolute Gasteiger partial charge is 0.0221 e. The number of hydrogen-bond donors (Lipinski definition) is 2. The zero-order chi connectivity index (χ0) is 11.1. The minimum Gasteiger partial charge on any atom is -0.329 e. The van der Waals surface area contributed by atoms with Gasteiger partial charge in [0.05, 0.1) is 0 Å². The second kappa shape index (κ2) is 7.24. The van der Waals surface area contributed by atoms with Crippen LogP contribution in [-0.2, 0) is 0 Å². The Morgan fingerprint density at radius 1 is 1.13 bits per heavy atom. The lowest BCUT2D eigenvalue weighted by atomic mass is 9.83. The molecule has 0 heterocycles. The van der Waals surface area contributed by atoms with E-state index >= 15 is 0 Å². The molecule has 0 bridgehead atoms. The lowest BCUT2D eigenvalue weighted by Crippen LogP contribution is -2.47. The number of rotatable bonds is 6. The lowest BCUT2D eigenvalue weighted by Gasteiger charge is -2.33. The van der Waals surface area contributed by atoms with Crippen molar-refractivity contribution in [3.05, 3.63) is 0 Å². The molecule has 0 saturated heterocycles. The van der Waals surface area contributed by atoms with Crippen LogP contribution in [0.1, 0.15) is 58.8 Å². The van der Waals surface area contributed by atoms with Crippen molar-refractivity contribution in [2.75, 3.05) is 6.54 Å². The van der Waals surface area contributed by atoms with Crippen molar-refractivity contribution in [1.29, 1.82) is 0 Å². The van der Waals surface area contributed by atoms with Crippen LogP contribution in [0.5, 0.6) is 0 Å². The topological polar surface area (TPSA) is 38.0 Å². The van der Waals surface area contributed by atoms with Gasteiger partial charge in [0.15, 0.2) is 0 Å². The normalized spacial score (nSPS) is 20.8. The highest BCUT2D eigenvalue weighted by molar-refractivity contribution is 4.82. The maximum Gasteiger partial charge on any atom is 0.0221 e. The van der Waals surface area contributed by atoms with Crippen molar-refractivity contribution < 1.29 is 0 Å². The predicted molar refractivity (Wildman–Crippen MR) is 66.9 cm³/mol. The van der Waals surface area contributed by atoms with Gasteiger partial charge in [-0.15, -0.1) is 0 Å². The number of hydrogen-bond acceptors (Lipinski definition) is 2. The second-order valence-electron chi connectivity index (χ2n) is 4.92. The fourth-order valence-corrected chi connectivity index (χ4v) is 2.76. The average Bonchev–Trinajstić information content (AvgIpc) is 2.32. The van der Waals surface area contributed by atoms with Crippen molar-refractivity contribution in [3.63, 3.8) is 0 Å². The van der Waals surface area contributed by atoms with Crippen molar-refractivity contribution in [3.8, 4) is 0 Å². The van der Waals surface area contributed by atoms with E-state index in [9.17, 15) is 0 Å². The molecular weight excluding hydrogens is 184 g/mol. The highest BCUT2D eigenvalue weighted by Crippen LogP contribution is 2.26.